The number of fused-ring (bicyclic) bond motifs is 2. The van der Waals surface area contributed by atoms with Gasteiger partial charge in [0.15, 0.2) is 0 Å². The molecule has 2 rings (SSSR count). The zero-order valence-electron chi connectivity index (χ0n) is 6.75. The van der Waals surface area contributed by atoms with Crippen molar-refractivity contribution in [1.29, 1.82) is 0 Å². The maximum absolute atomic E-state index is 10.1. The lowest BCUT2D eigenvalue weighted by Gasteiger charge is -2.20. The van der Waals surface area contributed by atoms with Crippen molar-refractivity contribution in [2.75, 3.05) is 6.54 Å². The summed E-state index contributed by atoms with van der Waals surface area (Å²) in [6.07, 6.45) is 6.49. The zero-order valence-corrected chi connectivity index (χ0v) is 6.75. The van der Waals surface area contributed by atoms with Crippen molar-refractivity contribution in [3.63, 3.8) is 0 Å². The molecule has 2 saturated carbocycles. The molecule has 62 valence electrons. The summed E-state index contributed by atoms with van der Waals surface area (Å²) in [6, 6.07) is 0. The summed E-state index contributed by atoms with van der Waals surface area (Å²) in [4.78, 5) is 10.1. The summed E-state index contributed by atoms with van der Waals surface area (Å²) in [5.41, 5.74) is 0. The lowest BCUT2D eigenvalue weighted by molar-refractivity contribution is -0.109. The first-order valence-corrected chi connectivity index (χ1v) is 4.57. The van der Waals surface area contributed by atoms with Gasteiger partial charge in [0.25, 0.3) is 0 Å². The number of carbonyl (C=O) groups excluding carboxylic acids is 1. The van der Waals surface area contributed by atoms with Crippen LogP contribution in [0.4, 0.5) is 0 Å². The average Bonchev–Trinajstić information content (AvgIpc) is 2.60. The van der Waals surface area contributed by atoms with Crippen molar-refractivity contribution in [3.8, 4) is 0 Å². The van der Waals surface area contributed by atoms with Crippen LogP contribution in [0.25, 0.3) is 0 Å². The quantitative estimate of drug-likeness (QED) is 0.606. The van der Waals surface area contributed by atoms with Gasteiger partial charge in [0.2, 0.25) is 6.41 Å². The Kier molecular flexibility index (Phi) is 1.84. The van der Waals surface area contributed by atoms with Crippen molar-refractivity contribution in [1.82, 2.24) is 5.32 Å². The van der Waals surface area contributed by atoms with Gasteiger partial charge in [0.1, 0.15) is 0 Å². The third-order valence-corrected chi connectivity index (χ3v) is 3.35. The highest BCUT2D eigenvalue weighted by Crippen LogP contribution is 2.47. The first-order chi connectivity index (χ1) is 5.40. The molecule has 2 nitrogen and oxygen atoms in total. The Balaban J connectivity index is 1.83. The topological polar surface area (TPSA) is 29.1 Å². The molecule has 11 heavy (non-hydrogen) atoms. The van der Waals surface area contributed by atoms with Crippen molar-refractivity contribution in [2.24, 2.45) is 17.8 Å². The molecule has 0 heterocycles. The van der Waals surface area contributed by atoms with Crippen LogP contribution >= 0.6 is 0 Å². The summed E-state index contributed by atoms with van der Waals surface area (Å²) < 4.78 is 0. The molecule has 0 saturated heterocycles. The second-order valence-electron chi connectivity index (χ2n) is 3.96. The van der Waals surface area contributed by atoms with Gasteiger partial charge in [-0.05, 0) is 37.0 Å². The summed E-state index contributed by atoms with van der Waals surface area (Å²) in [5, 5.41) is 2.79. The molecule has 2 heteroatoms. The molecule has 2 bridgehead atoms. The standard InChI is InChI=1S/C9H15NO/c11-6-10-5-9-4-7-1-2-8(9)3-7/h6-9H,1-5H2,(H,10,11). The number of nitrogens with one attached hydrogen (secondary N) is 1. The lowest BCUT2D eigenvalue weighted by atomic mass is 9.89. The summed E-state index contributed by atoms with van der Waals surface area (Å²) >= 11 is 0. The Bertz CT molecular complexity index is 158. The highest BCUT2D eigenvalue weighted by atomic mass is 16.1. The normalized spacial score (nSPS) is 40.9. The molecule has 0 aromatic heterocycles. The van der Waals surface area contributed by atoms with Crippen LogP contribution in [0, 0.1) is 17.8 Å². The summed E-state index contributed by atoms with van der Waals surface area (Å²) in [5.74, 6) is 2.74. The Labute approximate surface area is 67.4 Å². The van der Waals surface area contributed by atoms with E-state index in [1.54, 1.807) is 0 Å². The van der Waals surface area contributed by atoms with Crippen molar-refractivity contribution < 1.29 is 4.79 Å². The van der Waals surface area contributed by atoms with Gasteiger partial charge in [0, 0.05) is 6.54 Å². The molecular formula is C9H15NO. The number of hydrogen-bond acceptors (Lipinski definition) is 1. The third-order valence-electron chi connectivity index (χ3n) is 3.35. The maximum Gasteiger partial charge on any atom is 0.207 e. The fourth-order valence-corrected chi connectivity index (χ4v) is 2.83. The number of amides is 1. The van der Waals surface area contributed by atoms with Gasteiger partial charge in [-0.15, -0.1) is 0 Å². The van der Waals surface area contributed by atoms with Crippen LogP contribution in [-0.2, 0) is 4.79 Å². The van der Waals surface area contributed by atoms with Crippen LogP contribution < -0.4 is 5.32 Å². The average molecular weight is 153 g/mol. The molecular weight excluding hydrogens is 138 g/mol. The molecule has 1 amide bonds. The molecule has 0 aliphatic heterocycles. The van der Waals surface area contributed by atoms with Crippen LogP contribution in [0.3, 0.4) is 0 Å². The minimum Gasteiger partial charge on any atom is -0.358 e. The van der Waals surface area contributed by atoms with Gasteiger partial charge in [-0.2, -0.15) is 0 Å². The van der Waals surface area contributed by atoms with E-state index in [0.29, 0.717) is 0 Å². The maximum atomic E-state index is 10.1. The van der Waals surface area contributed by atoms with Gasteiger partial charge >= 0.3 is 0 Å². The van der Waals surface area contributed by atoms with E-state index in [-0.39, 0.29) is 0 Å². The predicted molar refractivity (Wildman–Crippen MR) is 43.0 cm³/mol. The van der Waals surface area contributed by atoms with Gasteiger partial charge in [0.05, 0.1) is 0 Å². The van der Waals surface area contributed by atoms with Gasteiger partial charge in [-0.1, -0.05) is 6.42 Å². The molecule has 2 aliphatic carbocycles. The fourth-order valence-electron chi connectivity index (χ4n) is 2.83. The first kappa shape index (κ1) is 7.14. The van der Waals surface area contributed by atoms with Crippen molar-refractivity contribution >= 4 is 6.41 Å². The molecule has 0 radical (unpaired) electrons. The number of rotatable bonds is 3. The molecule has 0 aromatic carbocycles. The van der Waals surface area contributed by atoms with Crippen molar-refractivity contribution in [3.05, 3.63) is 0 Å². The lowest BCUT2D eigenvalue weighted by Crippen LogP contribution is -2.25. The number of carbonyl (C=O) groups is 1. The molecule has 3 atom stereocenters. The van der Waals surface area contributed by atoms with Crippen LogP contribution in [0.15, 0.2) is 0 Å². The molecule has 3 unspecified atom stereocenters. The smallest absolute Gasteiger partial charge is 0.207 e. The van der Waals surface area contributed by atoms with E-state index in [1.807, 2.05) is 0 Å². The summed E-state index contributed by atoms with van der Waals surface area (Å²) in [7, 11) is 0. The molecule has 2 aliphatic rings. The van der Waals surface area contributed by atoms with Gasteiger partial charge < -0.3 is 5.32 Å². The largest absolute Gasteiger partial charge is 0.358 e. The van der Waals surface area contributed by atoms with Crippen molar-refractivity contribution in [2.45, 2.75) is 25.7 Å². The minimum atomic E-state index is 0.805. The third kappa shape index (κ3) is 1.26. The van der Waals surface area contributed by atoms with E-state index in [4.69, 9.17) is 0 Å². The SMILES string of the molecule is O=CNCC1CC2CCC1C2. The van der Waals surface area contributed by atoms with Gasteiger partial charge in [-0.3, -0.25) is 4.79 Å². The molecule has 0 aromatic rings. The Morgan fingerprint density at radius 3 is 2.82 bits per heavy atom. The summed E-state index contributed by atoms with van der Waals surface area (Å²) in [6.45, 7) is 0.921. The van der Waals surface area contributed by atoms with Crippen LogP contribution in [0.5, 0.6) is 0 Å². The van der Waals surface area contributed by atoms with E-state index < -0.39 is 0 Å². The van der Waals surface area contributed by atoms with Crippen LogP contribution in [0.2, 0.25) is 0 Å². The molecule has 0 spiro atoms. The van der Waals surface area contributed by atoms with E-state index >= 15 is 0 Å². The Morgan fingerprint density at radius 1 is 1.36 bits per heavy atom. The Morgan fingerprint density at radius 2 is 2.27 bits per heavy atom. The monoisotopic (exact) mass is 153 g/mol. The predicted octanol–water partition coefficient (Wildman–Crippen LogP) is 1.17. The minimum absolute atomic E-state index is 0.805. The highest BCUT2D eigenvalue weighted by molar-refractivity contribution is 5.45. The first-order valence-electron chi connectivity index (χ1n) is 4.57. The molecule has 2 fully saturated rings. The van der Waals surface area contributed by atoms with E-state index in [1.165, 1.54) is 25.7 Å². The zero-order chi connectivity index (χ0) is 7.68. The highest BCUT2D eigenvalue weighted by Gasteiger charge is 2.38. The van der Waals surface area contributed by atoms with Crippen LogP contribution in [-0.4, -0.2) is 13.0 Å². The molecule has 1 N–H and O–H groups in total. The second kappa shape index (κ2) is 2.84. The Hall–Kier alpha value is -0.530. The van der Waals surface area contributed by atoms with E-state index in [0.717, 1.165) is 30.7 Å². The van der Waals surface area contributed by atoms with Gasteiger partial charge in [-0.25, -0.2) is 0 Å². The van der Waals surface area contributed by atoms with Crippen LogP contribution in [0.1, 0.15) is 25.7 Å². The fraction of sp³-hybridized carbons (Fsp3) is 0.889. The van der Waals surface area contributed by atoms with E-state index in [9.17, 15) is 4.79 Å². The van der Waals surface area contributed by atoms with E-state index in [2.05, 4.69) is 5.32 Å². The second-order valence-corrected chi connectivity index (χ2v) is 3.96. The number of hydrogen-bond donors (Lipinski definition) is 1.